The lowest BCUT2D eigenvalue weighted by Gasteiger charge is -2.25. The van der Waals surface area contributed by atoms with Gasteiger partial charge in [-0.05, 0) is 48.4 Å². The average Bonchev–Trinajstić information content (AvgIpc) is 2.99. The SMILES string of the molecule is Cn1cc(C2=CCN(S(=O)(=O)c3ccc(F)cc3)CC2)c2cccnc21. The number of rotatable bonds is 3. The maximum Gasteiger partial charge on any atom is 0.243 e. The Morgan fingerprint density at radius 3 is 2.62 bits per heavy atom. The number of pyridine rings is 1. The standard InChI is InChI=1S/C19H18FN3O2S/c1-22-13-18(17-3-2-10-21-19(17)22)14-8-11-23(12-9-14)26(24,25)16-6-4-15(20)5-7-16/h2-8,10,13H,9,11-12H2,1H3. The molecule has 0 saturated carbocycles. The Morgan fingerprint density at radius 1 is 1.15 bits per heavy atom. The van der Waals surface area contributed by atoms with Gasteiger partial charge in [-0.3, -0.25) is 0 Å². The molecule has 0 fully saturated rings. The second-order valence-corrected chi connectivity index (χ2v) is 8.26. The van der Waals surface area contributed by atoms with Gasteiger partial charge in [0, 0.05) is 43.5 Å². The highest BCUT2D eigenvalue weighted by atomic mass is 32.2. The van der Waals surface area contributed by atoms with Gasteiger partial charge in [0.05, 0.1) is 4.90 Å². The summed E-state index contributed by atoms with van der Waals surface area (Å²) in [5.41, 5.74) is 3.12. The van der Waals surface area contributed by atoms with Gasteiger partial charge in [0.2, 0.25) is 10.0 Å². The third-order valence-electron chi connectivity index (χ3n) is 4.70. The van der Waals surface area contributed by atoms with E-state index >= 15 is 0 Å². The summed E-state index contributed by atoms with van der Waals surface area (Å²) in [7, 11) is -1.67. The molecule has 0 amide bonds. The summed E-state index contributed by atoms with van der Waals surface area (Å²) >= 11 is 0. The predicted molar refractivity (Wildman–Crippen MR) is 98.5 cm³/mol. The normalized spacial score (nSPS) is 16.0. The van der Waals surface area contributed by atoms with E-state index < -0.39 is 15.8 Å². The van der Waals surface area contributed by atoms with Crippen LogP contribution in [0.25, 0.3) is 16.6 Å². The summed E-state index contributed by atoms with van der Waals surface area (Å²) in [6.07, 6.45) is 6.37. The number of fused-ring (bicyclic) bond motifs is 1. The smallest absolute Gasteiger partial charge is 0.243 e. The van der Waals surface area contributed by atoms with Crippen LogP contribution in [-0.2, 0) is 17.1 Å². The van der Waals surface area contributed by atoms with Crippen LogP contribution < -0.4 is 0 Å². The van der Waals surface area contributed by atoms with E-state index in [1.54, 1.807) is 6.20 Å². The molecule has 0 N–H and O–H groups in total. The van der Waals surface area contributed by atoms with Gasteiger partial charge in [0.25, 0.3) is 0 Å². The molecule has 0 aliphatic carbocycles. The highest BCUT2D eigenvalue weighted by molar-refractivity contribution is 7.89. The van der Waals surface area contributed by atoms with Crippen LogP contribution in [0.4, 0.5) is 4.39 Å². The second kappa shape index (κ2) is 6.34. The highest BCUT2D eigenvalue weighted by Crippen LogP contribution is 2.31. The van der Waals surface area contributed by atoms with Gasteiger partial charge in [-0.25, -0.2) is 17.8 Å². The topological polar surface area (TPSA) is 55.2 Å². The van der Waals surface area contributed by atoms with Crippen molar-refractivity contribution in [3.05, 3.63) is 66.2 Å². The van der Waals surface area contributed by atoms with Crippen LogP contribution in [0.2, 0.25) is 0 Å². The van der Waals surface area contributed by atoms with Crippen molar-refractivity contribution in [2.24, 2.45) is 7.05 Å². The molecule has 7 heteroatoms. The number of hydrogen-bond donors (Lipinski definition) is 0. The van der Waals surface area contributed by atoms with E-state index in [9.17, 15) is 12.8 Å². The lowest BCUT2D eigenvalue weighted by Crippen LogP contribution is -2.34. The summed E-state index contributed by atoms with van der Waals surface area (Å²) in [4.78, 5) is 4.51. The molecule has 0 unspecified atom stereocenters. The molecule has 4 rings (SSSR count). The Balaban J connectivity index is 1.63. The molecule has 0 saturated heterocycles. The molecule has 3 heterocycles. The van der Waals surface area contributed by atoms with Gasteiger partial charge in [-0.2, -0.15) is 4.31 Å². The molecular weight excluding hydrogens is 353 g/mol. The summed E-state index contributed by atoms with van der Waals surface area (Å²) in [5, 5.41) is 1.07. The zero-order valence-electron chi connectivity index (χ0n) is 14.3. The van der Waals surface area contributed by atoms with Crippen molar-refractivity contribution in [1.29, 1.82) is 0 Å². The number of halogens is 1. The van der Waals surface area contributed by atoms with Crippen LogP contribution in [0.15, 0.2) is 59.8 Å². The van der Waals surface area contributed by atoms with E-state index in [1.165, 1.54) is 28.6 Å². The summed E-state index contributed by atoms with van der Waals surface area (Å²) in [6.45, 7) is 0.688. The van der Waals surface area contributed by atoms with Gasteiger partial charge in [-0.15, -0.1) is 0 Å². The lowest BCUT2D eigenvalue weighted by molar-refractivity contribution is 0.441. The van der Waals surface area contributed by atoms with Gasteiger partial charge in [0.1, 0.15) is 11.5 Å². The average molecular weight is 371 g/mol. The Labute approximate surface area is 151 Å². The minimum absolute atomic E-state index is 0.116. The predicted octanol–water partition coefficient (Wildman–Crippen LogP) is 3.19. The highest BCUT2D eigenvalue weighted by Gasteiger charge is 2.27. The number of benzene rings is 1. The van der Waals surface area contributed by atoms with Crippen LogP contribution in [0.1, 0.15) is 12.0 Å². The summed E-state index contributed by atoms with van der Waals surface area (Å²) < 4.78 is 41.9. The molecule has 26 heavy (non-hydrogen) atoms. The van der Waals surface area contributed by atoms with Gasteiger partial charge < -0.3 is 4.57 Å². The molecule has 0 bridgehead atoms. The van der Waals surface area contributed by atoms with E-state index in [1.807, 2.05) is 36.0 Å². The van der Waals surface area contributed by atoms with Crippen molar-refractivity contribution in [2.45, 2.75) is 11.3 Å². The zero-order valence-corrected chi connectivity index (χ0v) is 15.1. The molecule has 1 aromatic carbocycles. The fraction of sp³-hybridized carbons (Fsp3) is 0.211. The number of sulfonamides is 1. The summed E-state index contributed by atoms with van der Waals surface area (Å²) in [6, 6.07) is 8.88. The molecular formula is C19H18FN3O2S. The number of hydrogen-bond acceptors (Lipinski definition) is 3. The quantitative estimate of drug-likeness (QED) is 0.710. The van der Waals surface area contributed by atoms with Gasteiger partial charge in [-0.1, -0.05) is 6.08 Å². The first-order valence-corrected chi connectivity index (χ1v) is 9.76. The van der Waals surface area contributed by atoms with Gasteiger partial charge >= 0.3 is 0 Å². The largest absolute Gasteiger partial charge is 0.335 e. The van der Waals surface area contributed by atoms with E-state index in [2.05, 4.69) is 4.98 Å². The first-order chi connectivity index (χ1) is 12.5. The Kier molecular flexibility index (Phi) is 4.13. The van der Waals surface area contributed by atoms with Crippen molar-refractivity contribution in [3.63, 3.8) is 0 Å². The van der Waals surface area contributed by atoms with Crippen LogP contribution in [0.3, 0.4) is 0 Å². The van der Waals surface area contributed by atoms with Crippen molar-refractivity contribution >= 4 is 26.6 Å². The second-order valence-electron chi connectivity index (χ2n) is 6.32. The summed E-state index contributed by atoms with van der Waals surface area (Å²) in [5.74, 6) is -0.450. The van der Waals surface area contributed by atoms with Crippen LogP contribution in [-0.4, -0.2) is 35.4 Å². The van der Waals surface area contributed by atoms with Crippen LogP contribution in [0.5, 0.6) is 0 Å². The first kappa shape index (κ1) is 16.9. The maximum absolute atomic E-state index is 13.1. The lowest BCUT2D eigenvalue weighted by atomic mass is 10.0. The van der Waals surface area contributed by atoms with E-state index in [4.69, 9.17) is 0 Å². The molecule has 1 aliphatic heterocycles. The molecule has 0 spiro atoms. The van der Waals surface area contributed by atoms with Crippen LogP contribution >= 0.6 is 0 Å². The van der Waals surface area contributed by atoms with Crippen LogP contribution in [0, 0.1) is 5.82 Å². The molecule has 1 aliphatic rings. The van der Waals surface area contributed by atoms with Crippen molar-refractivity contribution in [3.8, 4) is 0 Å². The monoisotopic (exact) mass is 371 g/mol. The van der Waals surface area contributed by atoms with E-state index in [0.717, 1.165) is 22.2 Å². The fourth-order valence-electron chi connectivity index (χ4n) is 3.34. The molecule has 134 valence electrons. The molecule has 2 aromatic heterocycles. The van der Waals surface area contributed by atoms with Crippen molar-refractivity contribution in [2.75, 3.05) is 13.1 Å². The maximum atomic E-state index is 13.1. The Hall–Kier alpha value is -2.51. The fourth-order valence-corrected chi connectivity index (χ4v) is 4.72. The van der Waals surface area contributed by atoms with Gasteiger partial charge in [0.15, 0.2) is 0 Å². The Morgan fingerprint density at radius 2 is 1.92 bits per heavy atom. The minimum Gasteiger partial charge on any atom is -0.335 e. The first-order valence-electron chi connectivity index (χ1n) is 8.32. The zero-order chi connectivity index (χ0) is 18.3. The number of nitrogens with zero attached hydrogens (tertiary/aromatic N) is 3. The molecule has 0 atom stereocenters. The molecule has 0 radical (unpaired) electrons. The van der Waals surface area contributed by atoms with Crippen molar-refractivity contribution < 1.29 is 12.8 Å². The van der Waals surface area contributed by atoms with Crippen molar-refractivity contribution in [1.82, 2.24) is 13.9 Å². The molecule has 5 nitrogen and oxygen atoms in total. The Bertz CT molecular complexity index is 1100. The minimum atomic E-state index is -3.62. The number of aryl methyl sites for hydroxylation is 1. The number of aromatic nitrogens is 2. The van der Waals surface area contributed by atoms with E-state index in [-0.39, 0.29) is 4.90 Å². The third-order valence-corrected chi connectivity index (χ3v) is 6.58. The van der Waals surface area contributed by atoms with E-state index in [0.29, 0.717) is 19.5 Å². The molecule has 3 aromatic rings. The third kappa shape index (κ3) is 2.83.